The third kappa shape index (κ3) is 8.51. The van der Waals surface area contributed by atoms with E-state index in [1.54, 1.807) is 6.07 Å². The Morgan fingerprint density at radius 3 is 1.47 bits per heavy atom. The van der Waals surface area contributed by atoms with E-state index in [0.29, 0.717) is 0 Å². The van der Waals surface area contributed by atoms with Gasteiger partial charge in [-0.15, -0.1) is 0 Å². The maximum atomic E-state index is 11.5. The fourth-order valence-corrected chi connectivity index (χ4v) is 12.6. The number of aryl methyl sites for hydroxylation is 8. The van der Waals surface area contributed by atoms with Crippen molar-refractivity contribution < 1.29 is 5.11 Å². The standard InChI is InChI=1S/C74H59N3O/c1-45-38-46(2)41-57(40-45)61-29-16-27-59(51-20-9-7-10-21-51)67(61)55-25-14-26-56(44-55)68-63(70-60(52-22-11-8-12-23-52)28-17-30-62(70)58-42-47(3)39-48(4)43-58)35-37-65-72(68)76-74(77(65)73-49(5)18-13-19-50(73)6)64-36-34-54-33-32-53-24-15-31-66(78)69(53)71(54)75-64/h7-31,34-44,78H,32-33H2,1-6H3. The molecular formula is C74H59N3O. The Kier molecular flexibility index (Phi) is 12.2. The Morgan fingerprint density at radius 2 is 0.859 bits per heavy atom. The number of imidazole rings is 1. The molecule has 1 aliphatic rings. The Morgan fingerprint density at radius 1 is 0.359 bits per heavy atom. The molecule has 13 rings (SSSR count). The summed E-state index contributed by atoms with van der Waals surface area (Å²) in [6.45, 7) is 13.1. The van der Waals surface area contributed by atoms with Gasteiger partial charge in [0.05, 0.1) is 22.4 Å². The number of pyridine rings is 1. The van der Waals surface area contributed by atoms with Crippen LogP contribution in [0.25, 0.3) is 117 Å². The molecule has 2 aromatic heterocycles. The van der Waals surface area contributed by atoms with Crippen LogP contribution >= 0.6 is 0 Å². The number of phenols is 1. The lowest BCUT2D eigenvalue weighted by Gasteiger charge is -2.22. The minimum atomic E-state index is 0.249. The molecule has 4 heteroatoms. The van der Waals surface area contributed by atoms with Gasteiger partial charge in [0.1, 0.15) is 11.4 Å². The van der Waals surface area contributed by atoms with Gasteiger partial charge < -0.3 is 5.11 Å². The number of hydrogen-bond donors (Lipinski definition) is 1. The van der Waals surface area contributed by atoms with Crippen molar-refractivity contribution in [2.24, 2.45) is 0 Å². The zero-order chi connectivity index (χ0) is 53.2. The molecule has 0 unspecified atom stereocenters. The first-order chi connectivity index (χ1) is 38.1. The number of rotatable bonds is 9. The van der Waals surface area contributed by atoms with Crippen LogP contribution in [0.3, 0.4) is 0 Å². The molecule has 12 aromatic rings. The number of para-hydroxylation sites is 1. The normalized spacial score (nSPS) is 11.9. The number of hydrogen-bond acceptors (Lipinski definition) is 3. The van der Waals surface area contributed by atoms with Crippen molar-refractivity contribution in [3.8, 4) is 112 Å². The lowest BCUT2D eigenvalue weighted by molar-refractivity contribution is 0.476. The molecule has 78 heavy (non-hydrogen) atoms. The molecule has 4 nitrogen and oxygen atoms in total. The molecule has 0 radical (unpaired) electrons. The van der Waals surface area contributed by atoms with Gasteiger partial charge in [0.15, 0.2) is 5.82 Å². The SMILES string of the molecule is Cc1cc(C)cc(-c2cccc(-c3ccccc3)c2-c2cccc(-c3c(-c4c(-c5ccccc5)cccc4-c4cc(C)cc(C)c4)ccc4c3nc(-c3ccc5c(n3)-c3c(O)cccc3CC5)n4-c3c(C)cccc3C)c2)c1. The quantitative estimate of drug-likeness (QED) is 0.157. The molecule has 1 N–H and O–H groups in total. The average Bonchev–Trinajstić information content (AvgIpc) is 4.05. The van der Waals surface area contributed by atoms with E-state index in [9.17, 15) is 5.11 Å². The Balaban J connectivity index is 1.17. The number of aromatic nitrogens is 3. The van der Waals surface area contributed by atoms with E-state index in [1.807, 2.05) is 6.07 Å². The summed E-state index contributed by atoms with van der Waals surface area (Å²) in [6, 6.07) is 79.4. The molecule has 0 spiro atoms. The minimum Gasteiger partial charge on any atom is -0.507 e. The van der Waals surface area contributed by atoms with Crippen molar-refractivity contribution in [3.63, 3.8) is 0 Å². The molecule has 0 atom stereocenters. The molecule has 10 aromatic carbocycles. The van der Waals surface area contributed by atoms with E-state index in [1.165, 1.54) is 50.1 Å². The van der Waals surface area contributed by atoms with Crippen LogP contribution in [0.15, 0.2) is 218 Å². The van der Waals surface area contributed by atoms with Crippen LogP contribution in [0.4, 0.5) is 0 Å². The van der Waals surface area contributed by atoms with Crippen LogP contribution in [0.2, 0.25) is 0 Å². The fraction of sp³-hybridized carbons (Fsp3) is 0.108. The van der Waals surface area contributed by atoms with Crippen molar-refractivity contribution in [3.05, 3.63) is 263 Å². The summed E-state index contributed by atoms with van der Waals surface area (Å²) in [5.74, 6) is 0.985. The summed E-state index contributed by atoms with van der Waals surface area (Å²) in [6.07, 6.45) is 1.69. The highest BCUT2D eigenvalue weighted by Gasteiger charge is 2.28. The highest BCUT2D eigenvalue weighted by atomic mass is 16.3. The smallest absolute Gasteiger partial charge is 0.164 e. The molecule has 0 saturated carbocycles. The fourth-order valence-electron chi connectivity index (χ4n) is 12.6. The monoisotopic (exact) mass is 1010 g/mol. The number of fused-ring (bicyclic) bond motifs is 4. The average molecular weight is 1010 g/mol. The van der Waals surface area contributed by atoms with Gasteiger partial charge in [-0.05, 0) is 173 Å². The largest absolute Gasteiger partial charge is 0.507 e. The van der Waals surface area contributed by atoms with Gasteiger partial charge in [-0.1, -0.05) is 216 Å². The first-order valence-corrected chi connectivity index (χ1v) is 27.2. The summed E-state index contributed by atoms with van der Waals surface area (Å²) in [5, 5.41) is 11.5. The van der Waals surface area contributed by atoms with Crippen molar-refractivity contribution in [2.75, 3.05) is 0 Å². The number of aromatic hydroxyl groups is 1. The van der Waals surface area contributed by atoms with Gasteiger partial charge in [0.2, 0.25) is 0 Å². The molecule has 0 saturated heterocycles. The van der Waals surface area contributed by atoms with Gasteiger partial charge in [0, 0.05) is 11.1 Å². The predicted octanol–water partition coefficient (Wildman–Crippen LogP) is 19.1. The molecule has 0 amide bonds. The van der Waals surface area contributed by atoms with Crippen molar-refractivity contribution in [1.82, 2.24) is 14.5 Å². The van der Waals surface area contributed by atoms with Gasteiger partial charge >= 0.3 is 0 Å². The molecule has 0 bridgehead atoms. The number of phenolic OH excluding ortho intramolecular Hbond substituents is 1. The molecular weight excluding hydrogens is 947 g/mol. The van der Waals surface area contributed by atoms with E-state index in [4.69, 9.17) is 9.97 Å². The van der Waals surface area contributed by atoms with Gasteiger partial charge in [-0.3, -0.25) is 4.57 Å². The number of nitrogens with zero attached hydrogens (tertiary/aromatic N) is 3. The maximum Gasteiger partial charge on any atom is 0.164 e. The first kappa shape index (κ1) is 48.3. The topological polar surface area (TPSA) is 50.9 Å². The van der Waals surface area contributed by atoms with Gasteiger partial charge in [-0.2, -0.15) is 0 Å². The Labute approximate surface area is 457 Å². The summed E-state index contributed by atoms with van der Waals surface area (Å²) < 4.78 is 2.34. The van der Waals surface area contributed by atoms with Crippen LogP contribution in [-0.4, -0.2) is 19.6 Å². The number of benzene rings is 10. The minimum absolute atomic E-state index is 0.249. The molecule has 0 fully saturated rings. The third-order valence-corrected chi connectivity index (χ3v) is 15.8. The molecule has 376 valence electrons. The van der Waals surface area contributed by atoms with E-state index in [-0.39, 0.29) is 5.75 Å². The third-order valence-electron chi connectivity index (χ3n) is 15.8. The van der Waals surface area contributed by atoms with Crippen LogP contribution in [0, 0.1) is 41.5 Å². The summed E-state index contributed by atoms with van der Waals surface area (Å²) >= 11 is 0. The van der Waals surface area contributed by atoms with Crippen LogP contribution in [-0.2, 0) is 12.8 Å². The Hall–Kier alpha value is -9.38. The van der Waals surface area contributed by atoms with Crippen LogP contribution < -0.4 is 0 Å². The van der Waals surface area contributed by atoms with Crippen molar-refractivity contribution in [2.45, 2.75) is 54.4 Å². The first-order valence-electron chi connectivity index (χ1n) is 27.2. The van der Waals surface area contributed by atoms with E-state index < -0.39 is 0 Å². The second kappa shape index (κ2) is 19.6. The Bertz CT molecular complexity index is 4270. The molecule has 2 heterocycles. The highest BCUT2D eigenvalue weighted by Crippen LogP contribution is 2.50. The summed E-state index contributed by atoms with van der Waals surface area (Å²) in [5.41, 5.74) is 30.5. The lowest BCUT2D eigenvalue weighted by atomic mass is 9.82. The van der Waals surface area contributed by atoms with Crippen molar-refractivity contribution >= 4 is 11.0 Å². The predicted molar refractivity (Wildman–Crippen MR) is 325 cm³/mol. The maximum absolute atomic E-state index is 11.5. The second-order valence-electron chi connectivity index (χ2n) is 21.4. The van der Waals surface area contributed by atoms with Crippen LogP contribution in [0.5, 0.6) is 5.75 Å². The summed E-state index contributed by atoms with van der Waals surface area (Å²) in [7, 11) is 0. The zero-order valence-electron chi connectivity index (χ0n) is 45.0. The lowest BCUT2D eigenvalue weighted by Crippen LogP contribution is -2.08. The van der Waals surface area contributed by atoms with E-state index in [0.717, 1.165) is 125 Å². The van der Waals surface area contributed by atoms with E-state index in [2.05, 4.69) is 252 Å². The van der Waals surface area contributed by atoms with E-state index >= 15 is 0 Å². The summed E-state index contributed by atoms with van der Waals surface area (Å²) in [4.78, 5) is 11.5. The van der Waals surface area contributed by atoms with Crippen molar-refractivity contribution in [1.29, 1.82) is 0 Å². The highest BCUT2D eigenvalue weighted by molar-refractivity contribution is 6.09. The van der Waals surface area contributed by atoms with Crippen LogP contribution in [0.1, 0.15) is 44.5 Å². The van der Waals surface area contributed by atoms with Gasteiger partial charge in [0.25, 0.3) is 0 Å². The zero-order valence-corrected chi connectivity index (χ0v) is 45.0. The molecule has 0 aliphatic heterocycles. The second-order valence-corrected chi connectivity index (χ2v) is 21.4. The van der Waals surface area contributed by atoms with Gasteiger partial charge in [-0.25, -0.2) is 9.97 Å². The molecule has 1 aliphatic carbocycles.